The van der Waals surface area contributed by atoms with Crippen LogP contribution >= 0.6 is 11.8 Å². The Balaban J connectivity index is 1.64. The molecule has 2 N–H and O–H groups in total. The number of ether oxygens (including phenoxy) is 1. The fourth-order valence-electron chi connectivity index (χ4n) is 3.14. The van der Waals surface area contributed by atoms with Crippen molar-refractivity contribution in [3.8, 4) is 0 Å². The summed E-state index contributed by atoms with van der Waals surface area (Å²) in [6, 6.07) is 0. The monoisotopic (exact) mass is 283 g/mol. The van der Waals surface area contributed by atoms with Gasteiger partial charge in [0.05, 0.1) is 12.1 Å². The van der Waals surface area contributed by atoms with Crippen molar-refractivity contribution in [2.75, 3.05) is 13.2 Å². The molecule has 1 aromatic heterocycles. The lowest BCUT2D eigenvalue weighted by atomic mass is 9.92. The normalized spacial score (nSPS) is 26.1. The fourth-order valence-corrected chi connectivity index (χ4v) is 4.38. The van der Waals surface area contributed by atoms with Crippen molar-refractivity contribution in [3.05, 3.63) is 0 Å². The summed E-state index contributed by atoms with van der Waals surface area (Å²) in [6.07, 6.45) is 7.27. The molecule has 1 aliphatic heterocycles. The van der Waals surface area contributed by atoms with Crippen LogP contribution in [0, 0.1) is 0 Å². The van der Waals surface area contributed by atoms with E-state index >= 15 is 0 Å². The van der Waals surface area contributed by atoms with Crippen LogP contribution in [0.25, 0.3) is 0 Å². The molecule has 19 heavy (non-hydrogen) atoms. The van der Waals surface area contributed by atoms with Crippen molar-refractivity contribution in [1.29, 1.82) is 0 Å². The Labute approximate surface area is 117 Å². The molecule has 1 aromatic rings. The molecule has 106 valence electrons. The lowest BCUT2D eigenvalue weighted by molar-refractivity contribution is -0.0704. The predicted octanol–water partition coefficient (Wildman–Crippen LogP) is 1.22. The summed E-state index contributed by atoms with van der Waals surface area (Å²) in [6.45, 7) is 2.12. The summed E-state index contributed by atoms with van der Waals surface area (Å²) in [5, 5.41) is 13.3. The average molecular weight is 283 g/mol. The van der Waals surface area contributed by atoms with Gasteiger partial charge in [-0.05, 0) is 36.1 Å². The second-order valence-electron chi connectivity index (χ2n) is 5.44. The molecule has 0 bridgehead atoms. The molecule has 1 aliphatic carbocycles. The number of hydrogen-bond donors (Lipinski definition) is 1. The van der Waals surface area contributed by atoms with E-state index < -0.39 is 0 Å². The maximum atomic E-state index is 6.06. The van der Waals surface area contributed by atoms with Crippen LogP contribution in [0.1, 0.15) is 38.5 Å². The van der Waals surface area contributed by atoms with E-state index in [9.17, 15) is 0 Å². The number of hydrogen-bond acceptors (Lipinski definition) is 6. The molecule has 7 heteroatoms. The van der Waals surface area contributed by atoms with Gasteiger partial charge < -0.3 is 10.5 Å². The van der Waals surface area contributed by atoms with Crippen molar-refractivity contribution in [2.45, 2.75) is 61.1 Å². The van der Waals surface area contributed by atoms with Gasteiger partial charge in [-0.15, -0.1) is 5.10 Å². The van der Waals surface area contributed by atoms with Crippen LogP contribution in [-0.2, 0) is 11.3 Å². The van der Waals surface area contributed by atoms with Gasteiger partial charge in [0.2, 0.25) is 5.16 Å². The molecule has 3 rings (SSSR count). The summed E-state index contributed by atoms with van der Waals surface area (Å²) in [7, 11) is 0. The minimum Gasteiger partial charge on any atom is -0.375 e. The Morgan fingerprint density at radius 1 is 1.42 bits per heavy atom. The minimum atomic E-state index is 0.155. The van der Waals surface area contributed by atoms with E-state index in [-0.39, 0.29) is 5.60 Å². The van der Waals surface area contributed by atoms with Gasteiger partial charge >= 0.3 is 0 Å². The number of thioether (sulfide) groups is 1. The summed E-state index contributed by atoms with van der Waals surface area (Å²) in [5.41, 5.74) is 5.73. The molecule has 1 spiro atoms. The van der Waals surface area contributed by atoms with Crippen LogP contribution in [0.15, 0.2) is 5.16 Å². The first kappa shape index (κ1) is 13.3. The van der Waals surface area contributed by atoms with E-state index in [1.54, 1.807) is 16.4 Å². The Kier molecular flexibility index (Phi) is 4.04. The highest BCUT2D eigenvalue weighted by atomic mass is 32.2. The molecule has 1 saturated heterocycles. The Morgan fingerprint density at radius 3 is 3.05 bits per heavy atom. The average Bonchev–Trinajstić information content (AvgIpc) is 3.01. The Bertz CT molecular complexity index is 418. The van der Waals surface area contributed by atoms with E-state index in [2.05, 4.69) is 15.5 Å². The standard InChI is InChI=1S/C12H21N5OS/c13-6-7-17-11(14-15-16-17)19-10-3-8-18-12(9-10)4-1-2-5-12/h10H,1-9,13H2. The first-order valence-electron chi connectivity index (χ1n) is 7.08. The van der Waals surface area contributed by atoms with Crippen LogP contribution < -0.4 is 5.73 Å². The number of tetrazole rings is 1. The molecule has 1 unspecified atom stereocenters. The predicted molar refractivity (Wildman–Crippen MR) is 72.9 cm³/mol. The topological polar surface area (TPSA) is 78.9 Å². The number of aromatic nitrogens is 4. The van der Waals surface area contributed by atoms with Gasteiger partial charge in [0.25, 0.3) is 0 Å². The van der Waals surface area contributed by atoms with Crippen LogP contribution in [0.4, 0.5) is 0 Å². The quantitative estimate of drug-likeness (QED) is 0.895. The zero-order chi connectivity index (χ0) is 13.1. The Morgan fingerprint density at radius 2 is 2.26 bits per heavy atom. The van der Waals surface area contributed by atoms with Crippen LogP contribution in [0.2, 0.25) is 0 Å². The van der Waals surface area contributed by atoms with E-state index in [0.29, 0.717) is 18.3 Å². The first-order valence-corrected chi connectivity index (χ1v) is 7.96. The van der Waals surface area contributed by atoms with Crippen molar-refractivity contribution in [2.24, 2.45) is 5.73 Å². The molecule has 0 aromatic carbocycles. The van der Waals surface area contributed by atoms with Gasteiger partial charge in [0.15, 0.2) is 0 Å². The van der Waals surface area contributed by atoms with Crippen LogP contribution in [-0.4, -0.2) is 44.2 Å². The van der Waals surface area contributed by atoms with Gasteiger partial charge in [0.1, 0.15) is 0 Å². The molecule has 2 fully saturated rings. The lowest BCUT2D eigenvalue weighted by Gasteiger charge is -2.37. The van der Waals surface area contributed by atoms with Gasteiger partial charge in [-0.3, -0.25) is 0 Å². The molecule has 6 nitrogen and oxygen atoms in total. The van der Waals surface area contributed by atoms with Crippen LogP contribution in [0.5, 0.6) is 0 Å². The van der Waals surface area contributed by atoms with Crippen molar-refractivity contribution >= 4 is 11.8 Å². The largest absolute Gasteiger partial charge is 0.375 e. The molecule has 0 amide bonds. The minimum absolute atomic E-state index is 0.155. The molecular weight excluding hydrogens is 262 g/mol. The molecule has 2 aliphatic rings. The summed E-state index contributed by atoms with van der Waals surface area (Å²) in [4.78, 5) is 0. The van der Waals surface area contributed by atoms with Crippen molar-refractivity contribution < 1.29 is 4.74 Å². The second-order valence-corrected chi connectivity index (χ2v) is 6.71. The first-order chi connectivity index (χ1) is 9.31. The van der Waals surface area contributed by atoms with Crippen LogP contribution in [0.3, 0.4) is 0 Å². The van der Waals surface area contributed by atoms with Crippen molar-refractivity contribution in [1.82, 2.24) is 20.2 Å². The van der Waals surface area contributed by atoms with E-state index in [1.807, 2.05) is 0 Å². The highest BCUT2D eigenvalue weighted by Crippen LogP contribution is 2.43. The Hall–Kier alpha value is -0.660. The number of rotatable bonds is 4. The highest BCUT2D eigenvalue weighted by Gasteiger charge is 2.40. The maximum absolute atomic E-state index is 6.06. The lowest BCUT2D eigenvalue weighted by Crippen LogP contribution is -2.38. The fraction of sp³-hybridized carbons (Fsp3) is 0.917. The molecule has 2 heterocycles. The zero-order valence-electron chi connectivity index (χ0n) is 11.1. The van der Waals surface area contributed by atoms with Gasteiger partial charge in [-0.25, -0.2) is 4.68 Å². The molecule has 1 saturated carbocycles. The van der Waals surface area contributed by atoms with E-state index in [1.165, 1.54) is 25.7 Å². The smallest absolute Gasteiger partial charge is 0.209 e. The molecular formula is C12H21N5OS. The number of nitrogens with two attached hydrogens (primary N) is 1. The summed E-state index contributed by atoms with van der Waals surface area (Å²) in [5.74, 6) is 0. The second kappa shape index (κ2) is 5.76. The van der Waals surface area contributed by atoms with Gasteiger partial charge in [-0.2, -0.15) is 0 Å². The highest BCUT2D eigenvalue weighted by molar-refractivity contribution is 7.99. The van der Waals surface area contributed by atoms with E-state index in [0.717, 1.165) is 24.6 Å². The third-order valence-corrected chi connectivity index (χ3v) is 5.31. The molecule has 0 radical (unpaired) electrons. The SMILES string of the molecule is NCCn1nnnc1SC1CCOC2(CCCC2)C1. The maximum Gasteiger partial charge on any atom is 0.209 e. The third kappa shape index (κ3) is 2.93. The van der Waals surface area contributed by atoms with Crippen molar-refractivity contribution in [3.63, 3.8) is 0 Å². The molecule has 1 atom stereocenters. The number of nitrogens with zero attached hydrogens (tertiary/aromatic N) is 4. The van der Waals surface area contributed by atoms with Gasteiger partial charge in [0, 0.05) is 18.4 Å². The van der Waals surface area contributed by atoms with Gasteiger partial charge in [-0.1, -0.05) is 24.6 Å². The summed E-state index contributed by atoms with van der Waals surface area (Å²) < 4.78 is 7.87. The summed E-state index contributed by atoms with van der Waals surface area (Å²) >= 11 is 1.79. The third-order valence-electron chi connectivity index (χ3n) is 4.07. The zero-order valence-corrected chi connectivity index (χ0v) is 11.9. The van der Waals surface area contributed by atoms with E-state index in [4.69, 9.17) is 10.5 Å².